The summed E-state index contributed by atoms with van der Waals surface area (Å²) in [5.41, 5.74) is 1.58. The lowest BCUT2D eigenvalue weighted by Crippen LogP contribution is -2.54. The number of halogens is 6. The average Bonchev–Trinajstić information content (AvgIpc) is 2.64. The van der Waals surface area contributed by atoms with Gasteiger partial charge in [0.05, 0.1) is 5.01 Å². The van der Waals surface area contributed by atoms with Gasteiger partial charge in [-0.1, -0.05) is 0 Å². The van der Waals surface area contributed by atoms with Crippen molar-refractivity contribution in [3.05, 3.63) is 16.6 Å². The Morgan fingerprint density at radius 1 is 1.22 bits per heavy atom. The SMILES string of the molecule is NNC(Cc1nccs1)C(C(F)(F)F)C(F)(F)F. The molecule has 1 aromatic heterocycles. The van der Waals surface area contributed by atoms with E-state index in [2.05, 4.69) is 4.98 Å². The van der Waals surface area contributed by atoms with E-state index in [0.717, 1.165) is 11.3 Å². The first-order valence-electron chi connectivity index (χ1n) is 4.64. The third kappa shape index (κ3) is 3.82. The number of thiazole rings is 1. The number of alkyl halides is 6. The third-order valence-corrected chi connectivity index (χ3v) is 3.00. The molecule has 1 heterocycles. The summed E-state index contributed by atoms with van der Waals surface area (Å²) in [7, 11) is 0. The van der Waals surface area contributed by atoms with E-state index >= 15 is 0 Å². The zero-order valence-electron chi connectivity index (χ0n) is 8.72. The Balaban J connectivity index is 2.95. The van der Waals surface area contributed by atoms with Crippen molar-refractivity contribution in [3.8, 4) is 0 Å². The van der Waals surface area contributed by atoms with Gasteiger partial charge in [-0.05, 0) is 0 Å². The van der Waals surface area contributed by atoms with E-state index in [9.17, 15) is 26.3 Å². The molecule has 0 amide bonds. The zero-order chi connectivity index (χ0) is 14.0. The molecule has 0 aliphatic rings. The molecule has 3 N–H and O–H groups in total. The van der Waals surface area contributed by atoms with Crippen molar-refractivity contribution in [1.29, 1.82) is 0 Å². The Kier molecular flexibility index (Phi) is 4.56. The molecule has 3 nitrogen and oxygen atoms in total. The maximum atomic E-state index is 12.4. The van der Waals surface area contributed by atoms with Gasteiger partial charge >= 0.3 is 12.4 Å². The molecule has 0 aliphatic heterocycles. The molecule has 0 fully saturated rings. The van der Waals surface area contributed by atoms with E-state index in [1.54, 1.807) is 5.43 Å². The fourth-order valence-corrected chi connectivity index (χ4v) is 2.13. The number of hydrogen-bond donors (Lipinski definition) is 2. The van der Waals surface area contributed by atoms with Crippen LogP contribution in [0.1, 0.15) is 5.01 Å². The number of rotatable bonds is 4. The first kappa shape index (κ1) is 15.2. The summed E-state index contributed by atoms with van der Waals surface area (Å²) < 4.78 is 74.7. The van der Waals surface area contributed by atoms with Gasteiger partial charge < -0.3 is 0 Å². The molecule has 18 heavy (non-hydrogen) atoms. The van der Waals surface area contributed by atoms with Crippen LogP contribution in [0.15, 0.2) is 11.6 Å². The topological polar surface area (TPSA) is 50.9 Å². The first-order valence-corrected chi connectivity index (χ1v) is 5.52. The van der Waals surface area contributed by atoms with Crippen molar-refractivity contribution in [2.24, 2.45) is 11.8 Å². The number of nitrogens with zero attached hydrogens (tertiary/aromatic N) is 1. The van der Waals surface area contributed by atoms with Crippen LogP contribution in [0.3, 0.4) is 0 Å². The largest absolute Gasteiger partial charge is 0.402 e. The number of hydrazine groups is 1. The van der Waals surface area contributed by atoms with Gasteiger partial charge in [-0.3, -0.25) is 11.3 Å². The quantitative estimate of drug-likeness (QED) is 0.508. The van der Waals surface area contributed by atoms with Crippen molar-refractivity contribution >= 4 is 11.3 Å². The van der Waals surface area contributed by atoms with Crippen LogP contribution in [0.25, 0.3) is 0 Å². The molecule has 0 aromatic carbocycles. The van der Waals surface area contributed by atoms with Crippen LogP contribution in [0.4, 0.5) is 26.3 Å². The molecular weight excluding hydrogens is 284 g/mol. The Bertz CT molecular complexity index is 346. The summed E-state index contributed by atoms with van der Waals surface area (Å²) in [5.74, 6) is 1.28. The van der Waals surface area contributed by atoms with Crippen LogP contribution in [0.5, 0.6) is 0 Å². The molecule has 10 heteroatoms. The first-order chi connectivity index (χ1) is 8.16. The maximum absolute atomic E-state index is 12.4. The predicted molar refractivity (Wildman–Crippen MR) is 52.5 cm³/mol. The normalized spacial score (nSPS) is 15.1. The highest BCUT2D eigenvalue weighted by Crippen LogP contribution is 2.41. The van der Waals surface area contributed by atoms with Crippen LogP contribution < -0.4 is 11.3 Å². The molecule has 1 atom stereocenters. The summed E-state index contributed by atoms with van der Waals surface area (Å²) in [6.45, 7) is 0. The van der Waals surface area contributed by atoms with Crippen LogP contribution in [-0.2, 0) is 6.42 Å². The number of aromatic nitrogens is 1. The highest BCUT2D eigenvalue weighted by Gasteiger charge is 2.60. The fraction of sp³-hybridized carbons (Fsp3) is 0.625. The average molecular weight is 293 g/mol. The van der Waals surface area contributed by atoms with Gasteiger partial charge in [-0.15, -0.1) is 11.3 Å². The minimum atomic E-state index is -5.42. The van der Waals surface area contributed by atoms with Crippen molar-refractivity contribution in [2.75, 3.05) is 0 Å². The molecule has 1 aromatic rings. The Morgan fingerprint density at radius 2 is 1.78 bits per heavy atom. The van der Waals surface area contributed by atoms with Crippen molar-refractivity contribution in [1.82, 2.24) is 10.4 Å². The van der Waals surface area contributed by atoms with Crippen molar-refractivity contribution in [2.45, 2.75) is 24.8 Å². The van der Waals surface area contributed by atoms with Crippen LogP contribution in [0.2, 0.25) is 0 Å². The van der Waals surface area contributed by atoms with E-state index in [1.165, 1.54) is 11.6 Å². The van der Waals surface area contributed by atoms with Gasteiger partial charge in [-0.25, -0.2) is 4.98 Å². The summed E-state index contributed by atoms with van der Waals surface area (Å²) in [6, 6.07) is -2.00. The molecule has 0 bridgehead atoms. The summed E-state index contributed by atoms with van der Waals surface area (Å²) in [6.07, 6.45) is -10.1. The van der Waals surface area contributed by atoms with Crippen LogP contribution >= 0.6 is 11.3 Å². The van der Waals surface area contributed by atoms with E-state index < -0.39 is 30.7 Å². The lowest BCUT2D eigenvalue weighted by molar-refractivity contribution is -0.291. The molecule has 1 rings (SSSR count). The molecule has 0 aliphatic carbocycles. The molecule has 0 saturated heterocycles. The second-order valence-electron chi connectivity index (χ2n) is 3.46. The minimum Gasteiger partial charge on any atom is -0.271 e. The van der Waals surface area contributed by atoms with Gasteiger partial charge in [0.15, 0.2) is 5.92 Å². The van der Waals surface area contributed by atoms with E-state index in [-0.39, 0.29) is 5.01 Å². The Labute approximate surface area is 102 Å². The number of nitrogens with one attached hydrogen (secondary N) is 1. The van der Waals surface area contributed by atoms with Crippen LogP contribution in [-0.4, -0.2) is 23.4 Å². The van der Waals surface area contributed by atoms with E-state index in [0.29, 0.717) is 0 Å². The van der Waals surface area contributed by atoms with E-state index in [4.69, 9.17) is 5.84 Å². The predicted octanol–water partition coefficient (Wildman–Crippen LogP) is 2.26. The molecule has 0 saturated carbocycles. The van der Waals surface area contributed by atoms with Gasteiger partial charge in [-0.2, -0.15) is 26.3 Å². The van der Waals surface area contributed by atoms with Crippen molar-refractivity contribution in [3.63, 3.8) is 0 Å². The number of nitrogens with two attached hydrogens (primary N) is 1. The Hall–Kier alpha value is -0.870. The second-order valence-corrected chi connectivity index (χ2v) is 4.44. The summed E-state index contributed by atoms with van der Waals surface area (Å²) in [5, 5.41) is 1.61. The lowest BCUT2D eigenvalue weighted by Gasteiger charge is -2.29. The smallest absolute Gasteiger partial charge is 0.271 e. The highest BCUT2D eigenvalue weighted by molar-refractivity contribution is 7.09. The fourth-order valence-electron chi connectivity index (χ4n) is 1.46. The van der Waals surface area contributed by atoms with E-state index in [1.807, 2.05) is 0 Å². The molecular formula is C8H9F6N3S. The summed E-state index contributed by atoms with van der Waals surface area (Å²) in [4.78, 5) is 3.64. The highest BCUT2D eigenvalue weighted by atomic mass is 32.1. The standard InChI is InChI=1S/C8H9F6N3S/c9-7(10,11)6(8(12,13)14)4(17-15)3-5-16-1-2-18-5/h1-2,4,6,17H,3,15H2. The van der Waals surface area contributed by atoms with Gasteiger partial charge in [0.1, 0.15) is 0 Å². The number of hydrogen-bond acceptors (Lipinski definition) is 4. The second kappa shape index (κ2) is 5.41. The summed E-state index contributed by atoms with van der Waals surface area (Å²) >= 11 is 0.964. The van der Waals surface area contributed by atoms with Crippen LogP contribution in [0, 0.1) is 5.92 Å². The third-order valence-electron chi connectivity index (χ3n) is 2.20. The molecule has 104 valence electrons. The zero-order valence-corrected chi connectivity index (χ0v) is 9.53. The molecule has 1 unspecified atom stereocenters. The molecule has 0 spiro atoms. The van der Waals surface area contributed by atoms with Gasteiger partial charge in [0.25, 0.3) is 0 Å². The van der Waals surface area contributed by atoms with Gasteiger partial charge in [0, 0.05) is 24.0 Å². The maximum Gasteiger partial charge on any atom is 0.402 e. The van der Waals surface area contributed by atoms with Crippen molar-refractivity contribution < 1.29 is 26.3 Å². The minimum absolute atomic E-state index is 0.149. The molecule has 0 radical (unpaired) electrons. The Morgan fingerprint density at radius 3 is 2.11 bits per heavy atom. The lowest BCUT2D eigenvalue weighted by atomic mass is 9.96. The monoisotopic (exact) mass is 293 g/mol. The van der Waals surface area contributed by atoms with Gasteiger partial charge in [0.2, 0.25) is 0 Å².